The van der Waals surface area contributed by atoms with Crippen molar-refractivity contribution in [2.24, 2.45) is 5.92 Å². The number of furan rings is 1. The smallest absolute Gasteiger partial charge is 0.322 e. The van der Waals surface area contributed by atoms with Crippen molar-refractivity contribution >= 4 is 29.2 Å². The monoisotopic (exact) mass is 529 g/mol. The Morgan fingerprint density at radius 3 is 2.51 bits per heavy atom. The number of aryl methyl sites for hydroxylation is 1. The van der Waals surface area contributed by atoms with Gasteiger partial charge in [-0.3, -0.25) is 4.79 Å². The van der Waals surface area contributed by atoms with E-state index in [4.69, 9.17) is 25.5 Å². The lowest BCUT2D eigenvalue weighted by atomic mass is 10.1. The van der Waals surface area contributed by atoms with E-state index in [-0.39, 0.29) is 43.3 Å². The van der Waals surface area contributed by atoms with Crippen LogP contribution in [-0.4, -0.2) is 41.6 Å². The Hall–Kier alpha value is -3.72. The Kier molecular flexibility index (Phi) is 8.23. The number of halogens is 2. The zero-order valence-electron chi connectivity index (χ0n) is 20.9. The average Bonchev–Trinajstić information content (AvgIpc) is 3.48. The highest BCUT2D eigenvalue weighted by atomic mass is 35.5. The molecule has 0 aliphatic carbocycles. The predicted molar refractivity (Wildman–Crippen MR) is 137 cm³/mol. The maximum absolute atomic E-state index is 13.6. The molecule has 1 aliphatic heterocycles. The number of nitrogens with zero attached hydrogens (tertiary/aromatic N) is 2. The first kappa shape index (κ1) is 26.3. The van der Waals surface area contributed by atoms with Crippen molar-refractivity contribution in [3.8, 4) is 11.5 Å². The van der Waals surface area contributed by atoms with Gasteiger partial charge >= 0.3 is 6.03 Å². The molecule has 10 heteroatoms. The molecule has 1 aliphatic rings. The minimum absolute atomic E-state index is 0.102. The number of anilines is 1. The number of urea groups is 1. The van der Waals surface area contributed by atoms with Gasteiger partial charge in [-0.25, -0.2) is 9.18 Å². The molecule has 0 bridgehead atoms. The second kappa shape index (κ2) is 11.6. The highest BCUT2D eigenvalue weighted by Crippen LogP contribution is 2.33. The van der Waals surface area contributed by atoms with Gasteiger partial charge in [0, 0.05) is 18.8 Å². The Morgan fingerprint density at radius 2 is 1.81 bits per heavy atom. The summed E-state index contributed by atoms with van der Waals surface area (Å²) in [7, 11) is 0. The van der Waals surface area contributed by atoms with Crippen molar-refractivity contribution in [1.29, 1.82) is 0 Å². The van der Waals surface area contributed by atoms with Crippen LogP contribution < -0.4 is 14.8 Å². The van der Waals surface area contributed by atoms with Crippen molar-refractivity contribution in [2.45, 2.75) is 33.9 Å². The number of carbonyl (C=O) groups excluding carboxylic acids is 2. The summed E-state index contributed by atoms with van der Waals surface area (Å²) in [6.07, 6.45) is 0. The standard InChI is InChI=1S/C27H29ClFN3O5/c1-17(2)12-32(27(34)30-20-6-8-23(29)22(28)11-20)15-26(33)31(14-21-7-4-18(3)37-21)13-19-5-9-24-25(10-19)36-16-35-24/h4-11,17H,12-16H2,1-3H3,(H,30,34). The number of rotatable bonds is 9. The summed E-state index contributed by atoms with van der Waals surface area (Å²) in [5, 5.41) is 2.60. The first-order valence-corrected chi connectivity index (χ1v) is 12.3. The minimum atomic E-state index is -0.582. The second-order valence-electron chi connectivity index (χ2n) is 9.28. The van der Waals surface area contributed by atoms with Gasteiger partial charge in [-0.05, 0) is 60.9 Å². The fourth-order valence-electron chi connectivity index (χ4n) is 3.95. The first-order chi connectivity index (χ1) is 17.7. The molecule has 8 nitrogen and oxygen atoms in total. The van der Waals surface area contributed by atoms with E-state index in [9.17, 15) is 14.0 Å². The molecule has 2 heterocycles. The summed E-state index contributed by atoms with van der Waals surface area (Å²) in [4.78, 5) is 29.7. The fourth-order valence-corrected chi connectivity index (χ4v) is 4.13. The molecule has 4 rings (SSSR count). The summed E-state index contributed by atoms with van der Waals surface area (Å²) < 4.78 is 30.1. The molecule has 2 aromatic carbocycles. The van der Waals surface area contributed by atoms with Crippen LogP contribution in [0, 0.1) is 18.7 Å². The number of ether oxygens (including phenoxy) is 2. The number of amides is 3. The van der Waals surface area contributed by atoms with Crippen LogP contribution in [0.3, 0.4) is 0 Å². The van der Waals surface area contributed by atoms with Crippen LogP contribution in [0.5, 0.6) is 11.5 Å². The Labute approximate surface area is 219 Å². The third-order valence-electron chi connectivity index (χ3n) is 5.68. The molecule has 0 fully saturated rings. The highest BCUT2D eigenvalue weighted by Gasteiger charge is 2.24. The zero-order valence-corrected chi connectivity index (χ0v) is 21.7. The van der Waals surface area contributed by atoms with Crippen molar-refractivity contribution < 1.29 is 27.9 Å². The van der Waals surface area contributed by atoms with Crippen molar-refractivity contribution in [3.63, 3.8) is 0 Å². The number of carbonyl (C=O) groups is 2. The Bertz CT molecular complexity index is 1280. The van der Waals surface area contributed by atoms with E-state index in [1.54, 1.807) is 4.90 Å². The van der Waals surface area contributed by atoms with E-state index in [0.29, 0.717) is 29.5 Å². The highest BCUT2D eigenvalue weighted by molar-refractivity contribution is 6.31. The Morgan fingerprint density at radius 1 is 1.03 bits per heavy atom. The van der Waals surface area contributed by atoms with Crippen molar-refractivity contribution in [1.82, 2.24) is 9.80 Å². The van der Waals surface area contributed by atoms with E-state index in [0.717, 1.165) is 11.3 Å². The molecule has 3 aromatic rings. The second-order valence-corrected chi connectivity index (χ2v) is 9.69. The topological polar surface area (TPSA) is 84.2 Å². The maximum atomic E-state index is 13.6. The van der Waals surface area contributed by atoms with Gasteiger partial charge in [0.25, 0.3) is 0 Å². The quantitative estimate of drug-likeness (QED) is 0.377. The van der Waals surface area contributed by atoms with E-state index in [1.807, 2.05) is 51.1 Å². The largest absolute Gasteiger partial charge is 0.464 e. The van der Waals surface area contributed by atoms with Crippen molar-refractivity contribution in [3.05, 3.63) is 76.5 Å². The lowest BCUT2D eigenvalue weighted by Gasteiger charge is -2.28. The number of benzene rings is 2. The predicted octanol–water partition coefficient (Wildman–Crippen LogP) is 5.83. The SMILES string of the molecule is Cc1ccc(CN(Cc2ccc3c(c2)OCO3)C(=O)CN(CC(C)C)C(=O)Nc2ccc(F)c(Cl)c2)o1. The Balaban J connectivity index is 1.52. The molecule has 1 N–H and O–H groups in total. The van der Waals surface area contributed by atoms with Gasteiger partial charge in [-0.1, -0.05) is 31.5 Å². The summed E-state index contributed by atoms with van der Waals surface area (Å²) in [5.41, 5.74) is 1.18. The van der Waals surface area contributed by atoms with Gasteiger partial charge in [0.15, 0.2) is 11.5 Å². The zero-order chi connectivity index (χ0) is 26.5. The van der Waals surface area contributed by atoms with Crippen molar-refractivity contribution in [2.75, 3.05) is 25.2 Å². The van der Waals surface area contributed by atoms with Gasteiger partial charge < -0.3 is 29.0 Å². The van der Waals surface area contributed by atoms with Crippen LogP contribution in [0.4, 0.5) is 14.9 Å². The lowest BCUT2D eigenvalue weighted by molar-refractivity contribution is -0.133. The first-order valence-electron chi connectivity index (χ1n) is 11.9. The molecule has 0 unspecified atom stereocenters. The van der Waals surface area contributed by atoms with E-state index in [2.05, 4.69) is 5.32 Å². The molecule has 0 spiro atoms. The molecular weight excluding hydrogens is 501 g/mol. The molecular formula is C27H29ClFN3O5. The van der Waals surface area contributed by atoms with Crippen LogP contribution in [0.2, 0.25) is 5.02 Å². The van der Waals surface area contributed by atoms with Gasteiger partial charge in [0.1, 0.15) is 23.9 Å². The average molecular weight is 530 g/mol. The molecule has 196 valence electrons. The minimum Gasteiger partial charge on any atom is -0.464 e. The van der Waals surface area contributed by atoms with Gasteiger partial charge in [0.2, 0.25) is 12.7 Å². The summed E-state index contributed by atoms with van der Waals surface area (Å²) in [5.74, 6) is 1.91. The lowest BCUT2D eigenvalue weighted by Crippen LogP contribution is -2.45. The van der Waals surface area contributed by atoms with Crippen LogP contribution in [0.25, 0.3) is 0 Å². The van der Waals surface area contributed by atoms with Crippen LogP contribution in [0.1, 0.15) is 30.9 Å². The third kappa shape index (κ3) is 6.95. The number of hydrogen-bond acceptors (Lipinski definition) is 5. The third-order valence-corrected chi connectivity index (χ3v) is 5.97. The fraction of sp³-hybridized carbons (Fsp3) is 0.333. The number of nitrogens with one attached hydrogen (secondary N) is 1. The molecule has 0 radical (unpaired) electrons. The molecule has 0 atom stereocenters. The summed E-state index contributed by atoms with van der Waals surface area (Å²) in [6.45, 7) is 6.58. The van der Waals surface area contributed by atoms with Gasteiger partial charge in [0.05, 0.1) is 11.6 Å². The van der Waals surface area contributed by atoms with E-state index in [1.165, 1.54) is 23.1 Å². The molecule has 0 saturated heterocycles. The number of fused-ring (bicyclic) bond motifs is 1. The molecule has 0 saturated carbocycles. The normalized spacial score (nSPS) is 12.1. The number of hydrogen-bond donors (Lipinski definition) is 1. The summed E-state index contributed by atoms with van der Waals surface area (Å²) >= 11 is 5.85. The van der Waals surface area contributed by atoms with E-state index < -0.39 is 11.8 Å². The summed E-state index contributed by atoms with van der Waals surface area (Å²) in [6, 6.07) is 12.6. The van der Waals surface area contributed by atoms with Crippen LogP contribution >= 0.6 is 11.6 Å². The molecule has 37 heavy (non-hydrogen) atoms. The molecule has 1 aromatic heterocycles. The van der Waals surface area contributed by atoms with Crippen LogP contribution in [-0.2, 0) is 17.9 Å². The van der Waals surface area contributed by atoms with Gasteiger partial charge in [-0.15, -0.1) is 0 Å². The van der Waals surface area contributed by atoms with Gasteiger partial charge in [-0.2, -0.15) is 0 Å². The van der Waals surface area contributed by atoms with E-state index >= 15 is 0 Å². The molecule has 3 amide bonds. The van der Waals surface area contributed by atoms with Crippen LogP contribution in [0.15, 0.2) is 52.9 Å². The maximum Gasteiger partial charge on any atom is 0.322 e.